The molecule has 1 heterocycles. The second-order valence-electron chi connectivity index (χ2n) is 5.10. The lowest BCUT2D eigenvalue weighted by molar-refractivity contribution is 0.0644. The summed E-state index contributed by atoms with van der Waals surface area (Å²) in [6.45, 7) is 4.49. The first-order valence-electron chi connectivity index (χ1n) is 7.10. The van der Waals surface area contributed by atoms with E-state index in [-0.39, 0.29) is 17.5 Å². The van der Waals surface area contributed by atoms with Gasteiger partial charge in [0.05, 0.1) is 10.0 Å². The Labute approximate surface area is 127 Å². The number of nitrogens with zero attached hydrogens (tertiary/aromatic N) is 1. The van der Waals surface area contributed by atoms with E-state index in [0.29, 0.717) is 11.0 Å². The molecule has 0 bridgehead atoms. The Morgan fingerprint density at radius 2 is 2.35 bits per heavy atom. The van der Waals surface area contributed by atoms with Crippen molar-refractivity contribution in [3.63, 3.8) is 0 Å². The molecular weight excluding hydrogens is 323 g/mol. The van der Waals surface area contributed by atoms with Gasteiger partial charge in [0.25, 0.3) is 5.91 Å². The van der Waals surface area contributed by atoms with Gasteiger partial charge in [-0.15, -0.1) is 0 Å². The van der Waals surface area contributed by atoms with Crippen molar-refractivity contribution in [3.8, 4) is 0 Å². The third-order valence-electron chi connectivity index (χ3n) is 3.62. The molecule has 1 aliphatic rings. The van der Waals surface area contributed by atoms with Crippen molar-refractivity contribution in [1.29, 1.82) is 0 Å². The maximum Gasteiger partial charge on any atom is 0.257 e. The van der Waals surface area contributed by atoms with E-state index in [1.54, 1.807) is 18.2 Å². The van der Waals surface area contributed by atoms with Crippen LogP contribution in [0.25, 0.3) is 0 Å². The van der Waals surface area contributed by atoms with Crippen LogP contribution in [0.15, 0.2) is 22.7 Å². The monoisotopic (exact) mass is 342 g/mol. The van der Waals surface area contributed by atoms with Gasteiger partial charge >= 0.3 is 0 Å². The highest BCUT2D eigenvalue weighted by molar-refractivity contribution is 9.10. The van der Waals surface area contributed by atoms with Gasteiger partial charge in [0.1, 0.15) is 5.82 Å². The topological polar surface area (TPSA) is 32.3 Å². The molecule has 5 heteroatoms. The summed E-state index contributed by atoms with van der Waals surface area (Å²) >= 11 is 3.14. The maximum atomic E-state index is 14.1. The summed E-state index contributed by atoms with van der Waals surface area (Å²) in [4.78, 5) is 14.5. The number of halogens is 2. The Morgan fingerprint density at radius 1 is 1.55 bits per heavy atom. The molecule has 1 fully saturated rings. The highest BCUT2D eigenvalue weighted by Gasteiger charge is 2.27. The van der Waals surface area contributed by atoms with Crippen LogP contribution in [0.4, 0.5) is 4.39 Å². The lowest BCUT2D eigenvalue weighted by Gasteiger charge is -2.34. The van der Waals surface area contributed by atoms with Crippen molar-refractivity contribution in [2.45, 2.75) is 32.2 Å². The fraction of sp³-hybridized carbons (Fsp3) is 0.533. The van der Waals surface area contributed by atoms with E-state index in [0.717, 1.165) is 32.4 Å². The molecule has 1 atom stereocenters. The van der Waals surface area contributed by atoms with Crippen LogP contribution in [0.1, 0.15) is 36.5 Å². The first kappa shape index (κ1) is 15.4. The van der Waals surface area contributed by atoms with Gasteiger partial charge < -0.3 is 10.2 Å². The number of rotatable bonds is 4. The molecule has 1 amide bonds. The molecule has 0 radical (unpaired) electrons. The van der Waals surface area contributed by atoms with Crippen LogP contribution < -0.4 is 5.32 Å². The van der Waals surface area contributed by atoms with Gasteiger partial charge in [-0.3, -0.25) is 4.79 Å². The fourth-order valence-electron chi connectivity index (χ4n) is 2.61. The largest absolute Gasteiger partial charge is 0.334 e. The second kappa shape index (κ2) is 7.18. The molecule has 1 N–H and O–H groups in total. The molecule has 20 heavy (non-hydrogen) atoms. The van der Waals surface area contributed by atoms with Crippen molar-refractivity contribution in [2.75, 3.05) is 19.6 Å². The van der Waals surface area contributed by atoms with Crippen LogP contribution in [0.2, 0.25) is 0 Å². The number of benzene rings is 1. The van der Waals surface area contributed by atoms with E-state index in [4.69, 9.17) is 0 Å². The molecule has 0 saturated carbocycles. The third kappa shape index (κ3) is 3.38. The molecule has 0 aromatic heterocycles. The number of piperidine rings is 1. The summed E-state index contributed by atoms with van der Waals surface area (Å²) in [5.74, 6) is -0.679. The Balaban J connectivity index is 2.23. The summed E-state index contributed by atoms with van der Waals surface area (Å²) < 4.78 is 14.4. The predicted molar refractivity (Wildman–Crippen MR) is 81.3 cm³/mol. The van der Waals surface area contributed by atoms with Gasteiger partial charge in [-0.2, -0.15) is 0 Å². The summed E-state index contributed by atoms with van der Waals surface area (Å²) in [7, 11) is 0. The van der Waals surface area contributed by atoms with Crippen molar-refractivity contribution in [3.05, 3.63) is 34.1 Å². The molecule has 110 valence electrons. The highest BCUT2D eigenvalue weighted by atomic mass is 79.9. The Morgan fingerprint density at radius 3 is 3.00 bits per heavy atom. The Hall–Kier alpha value is -0.940. The van der Waals surface area contributed by atoms with Crippen LogP contribution in [-0.4, -0.2) is 36.5 Å². The molecule has 0 aliphatic carbocycles. The van der Waals surface area contributed by atoms with Crippen LogP contribution >= 0.6 is 15.9 Å². The number of carbonyl (C=O) groups is 1. The van der Waals surface area contributed by atoms with Gasteiger partial charge in [0, 0.05) is 19.1 Å². The van der Waals surface area contributed by atoms with Gasteiger partial charge in [0.15, 0.2) is 0 Å². The predicted octanol–water partition coefficient (Wildman–Crippen LogP) is 3.19. The molecule has 0 spiro atoms. The molecule has 1 saturated heterocycles. The average molecular weight is 343 g/mol. The molecule has 2 rings (SSSR count). The van der Waals surface area contributed by atoms with Crippen LogP contribution in [0.3, 0.4) is 0 Å². The zero-order valence-corrected chi connectivity index (χ0v) is 13.2. The smallest absolute Gasteiger partial charge is 0.257 e. The number of hydrogen-bond donors (Lipinski definition) is 1. The summed E-state index contributed by atoms with van der Waals surface area (Å²) in [6, 6.07) is 5.03. The van der Waals surface area contributed by atoms with Crippen LogP contribution in [0, 0.1) is 5.82 Å². The summed E-state index contributed by atoms with van der Waals surface area (Å²) in [6.07, 6.45) is 2.91. The Bertz CT molecular complexity index is 475. The van der Waals surface area contributed by atoms with Crippen LogP contribution in [-0.2, 0) is 0 Å². The number of amides is 1. The van der Waals surface area contributed by atoms with E-state index < -0.39 is 5.82 Å². The number of hydrogen-bond acceptors (Lipinski definition) is 2. The zero-order valence-electron chi connectivity index (χ0n) is 11.7. The lowest BCUT2D eigenvalue weighted by Crippen LogP contribution is -2.49. The summed E-state index contributed by atoms with van der Waals surface area (Å²) in [5, 5.41) is 3.31. The Kier molecular flexibility index (Phi) is 5.54. The molecule has 1 aromatic carbocycles. The molecule has 3 nitrogen and oxygen atoms in total. The molecule has 1 unspecified atom stereocenters. The van der Waals surface area contributed by atoms with E-state index in [9.17, 15) is 9.18 Å². The lowest BCUT2D eigenvalue weighted by atomic mass is 10.0. The summed E-state index contributed by atoms with van der Waals surface area (Å²) in [5.41, 5.74) is 0.151. The van der Waals surface area contributed by atoms with E-state index in [2.05, 4.69) is 21.2 Å². The van der Waals surface area contributed by atoms with Crippen molar-refractivity contribution in [1.82, 2.24) is 10.2 Å². The number of nitrogens with one attached hydrogen (secondary N) is 1. The maximum absolute atomic E-state index is 14.1. The number of carbonyl (C=O) groups excluding carboxylic acids is 1. The van der Waals surface area contributed by atoms with Crippen molar-refractivity contribution < 1.29 is 9.18 Å². The standard InChI is InChI=1S/C15H20BrFN2O/c1-2-9-19(11-5-4-8-18-10-11)15(20)12-6-3-7-13(16)14(12)17/h3,6-7,11,18H,2,4-5,8-10H2,1H3. The van der Waals surface area contributed by atoms with Crippen molar-refractivity contribution >= 4 is 21.8 Å². The van der Waals surface area contributed by atoms with Gasteiger partial charge in [-0.05, 0) is 53.9 Å². The second-order valence-corrected chi connectivity index (χ2v) is 5.95. The minimum Gasteiger partial charge on any atom is -0.334 e. The van der Waals surface area contributed by atoms with Crippen molar-refractivity contribution in [2.24, 2.45) is 0 Å². The molecule has 1 aliphatic heterocycles. The first-order chi connectivity index (χ1) is 9.65. The SMILES string of the molecule is CCCN(C(=O)c1cccc(Br)c1F)C1CCCNC1. The van der Waals surface area contributed by atoms with E-state index in [1.807, 2.05) is 11.8 Å². The van der Waals surface area contributed by atoms with Gasteiger partial charge in [-0.25, -0.2) is 4.39 Å². The average Bonchev–Trinajstić information content (AvgIpc) is 2.48. The minimum atomic E-state index is -0.470. The molecular formula is C15H20BrFN2O. The third-order valence-corrected chi connectivity index (χ3v) is 4.23. The van der Waals surface area contributed by atoms with E-state index >= 15 is 0 Å². The van der Waals surface area contributed by atoms with E-state index in [1.165, 1.54) is 0 Å². The minimum absolute atomic E-state index is 0.151. The van der Waals surface area contributed by atoms with Crippen LogP contribution in [0.5, 0.6) is 0 Å². The first-order valence-corrected chi connectivity index (χ1v) is 7.90. The van der Waals surface area contributed by atoms with Gasteiger partial charge in [-0.1, -0.05) is 13.0 Å². The normalized spacial score (nSPS) is 18.9. The zero-order chi connectivity index (χ0) is 14.5. The highest BCUT2D eigenvalue weighted by Crippen LogP contribution is 2.22. The fourth-order valence-corrected chi connectivity index (χ4v) is 2.98. The molecule has 1 aromatic rings. The quantitative estimate of drug-likeness (QED) is 0.911. The van der Waals surface area contributed by atoms with Gasteiger partial charge in [0.2, 0.25) is 0 Å².